The molecule has 0 aliphatic carbocycles. The van der Waals surface area contributed by atoms with Gasteiger partial charge in [0.05, 0.1) is 22.4 Å². The van der Waals surface area contributed by atoms with Crippen LogP contribution in [0, 0.1) is 5.82 Å². The fourth-order valence-electron chi connectivity index (χ4n) is 6.82. The molecule has 3 saturated heterocycles. The Morgan fingerprint density at radius 1 is 0.976 bits per heavy atom. The molecule has 0 spiro atoms. The Kier molecular flexibility index (Phi) is 6.46. The molecule has 214 valence electrons. The van der Waals surface area contributed by atoms with Crippen LogP contribution in [0.25, 0.3) is 32.9 Å². The van der Waals surface area contributed by atoms with Gasteiger partial charge in [-0.25, -0.2) is 12.8 Å². The molecule has 0 unspecified atom stereocenters. The van der Waals surface area contributed by atoms with E-state index >= 15 is 4.39 Å². The average molecular weight is 578 g/mol. The molecule has 0 bridgehead atoms. The Hall–Kier alpha value is -3.57. The Morgan fingerprint density at radius 2 is 1.78 bits per heavy atom. The zero-order valence-electron chi connectivity index (χ0n) is 22.7. The van der Waals surface area contributed by atoms with Crippen LogP contribution in [0.2, 0.25) is 0 Å². The average Bonchev–Trinajstić information content (AvgIpc) is 3.48. The summed E-state index contributed by atoms with van der Waals surface area (Å²) < 4.78 is 47.4. The summed E-state index contributed by atoms with van der Waals surface area (Å²) in [5, 5.41) is 12.3. The summed E-state index contributed by atoms with van der Waals surface area (Å²) in [5.74, 6) is -0.107. The van der Waals surface area contributed by atoms with Gasteiger partial charge in [0.25, 0.3) is 0 Å². The van der Waals surface area contributed by atoms with Crippen LogP contribution in [0.4, 0.5) is 10.2 Å². The maximum atomic E-state index is 16.5. The molecule has 1 N–H and O–H groups in total. The van der Waals surface area contributed by atoms with Gasteiger partial charge < -0.3 is 14.7 Å². The van der Waals surface area contributed by atoms with Crippen LogP contribution in [0.1, 0.15) is 32.1 Å². The molecule has 3 aliphatic heterocycles. The van der Waals surface area contributed by atoms with Crippen LogP contribution >= 0.6 is 0 Å². The number of benzene rings is 2. The van der Waals surface area contributed by atoms with Crippen molar-refractivity contribution >= 4 is 37.3 Å². The highest BCUT2D eigenvalue weighted by molar-refractivity contribution is 7.91. The molecule has 3 fully saturated rings. The first-order valence-corrected chi connectivity index (χ1v) is 16.1. The van der Waals surface area contributed by atoms with E-state index in [2.05, 4.69) is 14.9 Å². The number of pyridine rings is 1. The van der Waals surface area contributed by atoms with E-state index in [1.54, 1.807) is 12.3 Å². The normalized spacial score (nSPS) is 20.4. The van der Waals surface area contributed by atoms with Gasteiger partial charge in [-0.3, -0.25) is 9.88 Å². The number of rotatable bonds is 5. The number of aromatic hydroxyl groups is 1. The Morgan fingerprint density at radius 3 is 2.61 bits per heavy atom. The third-order valence-corrected chi connectivity index (χ3v) is 10.6. The summed E-state index contributed by atoms with van der Waals surface area (Å²) >= 11 is 0. The maximum absolute atomic E-state index is 16.5. The van der Waals surface area contributed by atoms with E-state index in [9.17, 15) is 13.5 Å². The lowest BCUT2D eigenvalue weighted by atomic mass is 9.95. The van der Waals surface area contributed by atoms with E-state index < -0.39 is 15.7 Å². The van der Waals surface area contributed by atoms with Crippen molar-refractivity contribution in [1.29, 1.82) is 0 Å². The first kappa shape index (κ1) is 26.3. The van der Waals surface area contributed by atoms with Crippen LogP contribution < -0.4 is 9.64 Å². The van der Waals surface area contributed by atoms with Crippen molar-refractivity contribution < 1.29 is 22.7 Å². The lowest BCUT2D eigenvalue weighted by Gasteiger charge is -2.31. The van der Waals surface area contributed by atoms with E-state index in [1.807, 2.05) is 29.2 Å². The van der Waals surface area contributed by atoms with Gasteiger partial charge >= 0.3 is 6.01 Å². The van der Waals surface area contributed by atoms with Gasteiger partial charge in [0.2, 0.25) is 0 Å². The summed E-state index contributed by atoms with van der Waals surface area (Å²) in [6, 6.07) is 10.6. The third-order valence-electron chi connectivity index (χ3n) is 8.88. The lowest BCUT2D eigenvalue weighted by molar-refractivity contribution is 0.108. The second kappa shape index (κ2) is 10.1. The molecular formula is C30H32FN5O4S. The van der Waals surface area contributed by atoms with Crippen molar-refractivity contribution in [2.45, 2.75) is 37.6 Å². The summed E-state index contributed by atoms with van der Waals surface area (Å²) in [6.45, 7) is 3.23. The van der Waals surface area contributed by atoms with Crippen LogP contribution in [0.5, 0.6) is 11.8 Å². The molecule has 0 atom stereocenters. The molecule has 7 rings (SSSR count). The van der Waals surface area contributed by atoms with Gasteiger partial charge in [0.1, 0.15) is 29.4 Å². The number of halogens is 1. The van der Waals surface area contributed by atoms with E-state index in [4.69, 9.17) is 9.72 Å². The largest absolute Gasteiger partial charge is 0.508 e. The third kappa shape index (κ3) is 4.74. The number of phenols is 1. The minimum atomic E-state index is -3.17. The topological polar surface area (TPSA) is 109 Å². The molecule has 11 heteroatoms. The maximum Gasteiger partial charge on any atom is 0.319 e. The molecule has 9 nitrogen and oxygen atoms in total. The molecule has 3 aliphatic rings. The number of phenolic OH excluding ortho intramolecular Hbond substituents is 1. The fraction of sp³-hybridized carbons (Fsp3) is 0.433. The Balaban J connectivity index is 1.35. The van der Waals surface area contributed by atoms with E-state index in [0.29, 0.717) is 36.3 Å². The smallest absolute Gasteiger partial charge is 0.319 e. The predicted molar refractivity (Wildman–Crippen MR) is 156 cm³/mol. The number of ether oxygens (including phenoxy) is 1. The number of hydrogen-bond acceptors (Lipinski definition) is 9. The number of aromatic nitrogens is 3. The highest BCUT2D eigenvalue weighted by atomic mass is 32.2. The lowest BCUT2D eigenvalue weighted by Crippen LogP contribution is -2.43. The van der Waals surface area contributed by atoms with E-state index in [0.717, 1.165) is 49.5 Å². The second-order valence-corrected chi connectivity index (χ2v) is 13.7. The SMILES string of the molecule is O=S1(=O)CCCN(c2nc(OCC34CCCN3CCC4)nc3c(F)c(-c4cc(O)cc5ccccc45)ncc23)CC1. The van der Waals surface area contributed by atoms with Gasteiger partial charge in [0.15, 0.2) is 15.7 Å². The molecule has 0 radical (unpaired) electrons. The molecule has 2 aromatic heterocycles. The molecule has 5 heterocycles. The Bertz CT molecular complexity index is 1760. The predicted octanol–water partition coefficient (Wildman–Crippen LogP) is 4.32. The second-order valence-electron chi connectivity index (χ2n) is 11.4. The first-order chi connectivity index (χ1) is 19.8. The molecule has 0 saturated carbocycles. The number of hydrogen-bond donors (Lipinski definition) is 1. The quantitative estimate of drug-likeness (QED) is 0.371. The van der Waals surface area contributed by atoms with Gasteiger partial charge in [-0.05, 0) is 68.1 Å². The number of sulfone groups is 1. The van der Waals surface area contributed by atoms with Gasteiger partial charge in [-0.1, -0.05) is 24.3 Å². The van der Waals surface area contributed by atoms with Crippen LogP contribution in [-0.2, 0) is 9.84 Å². The molecule has 41 heavy (non-hydrogen) atoms. The van der Waals surface area contributed by atoms with Crippen LogP contribution in [-0.4, -0.2) is 83.2 Å². The highest BCUT2D eigenvalue weighted by Gasteiger charge is 2.45. The van der Waals surface area contributed by atoms with Crippen molar-refractivity contribution in [3.63, 3.8) is 0 Å². The summed E-state index contributed by atoms with van der Waals surface area (Å²) in [5.41, 5.74) is 0.532. The molecule has 2 aromatic carbocycles. The van der Waals surface area contributed by atoms with Gasteiger partial charge in [-0.15, -0.1) is 0 Å². The fourth-order valence-corrected chi connectivity index (χ4v) is 8.09. The minimum absolute atomic E-state index is 0.00393. The number of anilines is 1. The van der Waals surface area contributed by atoms with E-state index in [-0.39, 0.29) is 46.6 Å². The molecule has 4 aromatic rings. The zero-order valence-corrected chi connectivity index (χ0v) is 23.5. The van der Waals surface area contributed by atoms with Crippen LogP contribution in [0.3, 0.4) is 0 Å². The zero-order chi connectivity index (χ0) is 28.2. The van der Waals surface area contributed by atoms with Crippen molar-refractivity contribution in [3.8, 4) is 23.0 Å². The van der Waals surface area contributed by atoms with Crippen molar-refractivity contribution in [3.05, 3.63) is 48.4 Å². The summed E-state index contributed by atoms with van der Waals surface area (Å²) in [7, 11) is -3.17. The van der Waals surface area contributed by atoms with E-state index in [1.165, 1.54) is 6.07 Å². The highest BCUT2D eigenvalue weighted by Crippen LogP contribution is 2.40. The van der Waals surface area contributed by atoms with Gasteiger partial charge in [-0.2, -0.15) is 9.97 Å². The molecular weight excluding hydrogens is 545 g/mol. The summed E-state index contributed by atoms with van der Waals surface area (Å²) in [6.07, 6.45) is 6.33. The summed E-state index contributed by atoms with van der Waals surface area (Å²) in [4.78, 5) is 18.1. The first-order valence-electron chi connectivity index (χ1n) is 14.2. The van der Waals surface area contributed by atoms with Crippen molar-refractivity contribution in [2.24, 2.45) is 0 Å². The van der Waals surface area contributed by atoms with Crippen LogP contribution in [0.15, 0.2) is 42.6 Å². The molecule has 0 amide bonds. The monoisotopic (exact) mass is 577 g/mol. The van der Waals surface area contributed by atoms with Crippen molar-refractivity contribution in [2.75, 3.05) is 49.2 Å². The van der Waals surface area contributed by atoms with Gasteiger partial charge in [0, 0.05) is 24.8 Å². The minimum Gasteiger partial charge on any atom is -0.508 e. The number of fused-ring (bicyclic) bond motifs is 3. The number of nitrogens with zero attached hydrogens (tertiary/aromatic N) is 5. The van der Waals surface area contributed by atoms with Crippen molar-refractivity contribution in [1.82, 2.24) is 19.9 Å². The Labute approximate surface area is 237 Å². The standard InChI is InChI=1S/C30H32FN5O4S/c31-25-26(23-17-21(37)16-20-6-1-2-7-22(20)23)32-18-24-27(25)33-29(40-19-30-8-3-11-36(30)12-4-9-30)34-28(24)35-10-5-14-41(38,39)15-13-35/h1-2,6-7,16-18,37H,3-5,8-15,19H2.